The second-order valence-corrected chi connectivity index (χ2v) is 9.34. The van der Waals surface area contributed by atoms with Crippen LogP contribution >= 0.6 is 11.3 Å². The smallest absolute Gasteiger partial charge is 0.229 e. The van der Waals surface area contributed by atoms with Crippen LogP contribution in [0.15, 0.2) is 41.8 Å². The zero-order chi connectivity index (χ0) is 22.3. The van der Waals surface area contributed by atoms with Crippen LogP contribution in [0.25, 0.3) is 0 Å². The fourth-order valence-corrected chi connectivity index (χ4v) is 4.70. The Balaban J connectivity index is 1.51. The van der Waals surface area contributed by atoms with Crippen molar-refractivity contribution in [1.29, 1.82) is 5.26 Å². The highest BCUT2D eigenvalue weighted by Crippen LogP contribution is 2.24. The highest BCUT2D eigenvalue weighted by atomic mass is 32.1. The first-order chi connectivity index (χ1) is 15.6. The summed E-state index contributed by atoms with van der Waals surface area (Å²) in [4.78, 5) is 13.3. The molecule has 166 valence electrons. The molecule has 0 aliphatic carbocycles. The molecule has 1 saturated heterocycles. The number of thiophene rings is 1. The summed E-state index contributed by atoms with van der Waals surface area (Å²) in [5.41, 5.74) is 3.51. The van der Waals surface area contributed by atoms with Gasteiger partial charge in [-0.3, -0.25) is 0 Å². The number of nitriles is 1. The largest absolute Gasteiger partial charge is 0.355 e. The SMILES string of the molecule is CCCc1cc(N2CCCC(NCc3cccs3)C2)nc(Nc2ccc(C)c(C#N)c2)n1. The van der Waals surface area contributed by atoms with Crippen LogP contribution in [0.3, 0.4) is 0 Å². The van der Waals surface area contributed by atoms with E-state index in [0.29, 0.717) is 17.6 Å². The van der Waals surface area contributed by atoms with Crippen molar-refractivity contribution in [3.63, 3.8) is 0 Å². The highest BCUT2D eigenvalue weighted by molar-refractivity contribution is 7.09. The third kappa shape index (κ3) is 5.64. The third-order valence-corrected chi connectivity index (χ3v) is 6.65. The van der Waals surface area contributed by atoms with Gasteiger partial charge in [-0.2, -0.15) is 10.2 Å². The maximum atomic E-state index is 9.35. The summed E-state index contributed by atoms with van der Waals surface area (Å²) in [7, 11) is 0. The second kappa shape index (κ2) is 10.6. The normalized spacial score (nSPS) is 16.0. The molecular formula is C25H30N6S. The summed E-state index contributed by atoms with van der Waals surface area (Å²) < 4.78 is 0. The average molecular weight is 447 g/mol. The van der Waals surface area contributed by atoms with Crippen LogP contribution in [-0.2, 0) is 13.0 Å². The van der Waals surface area contributed by atoms with Gasteiger partial charge in [-0.05, 0) is 55.3 Å². The van der Waals surface area contributed by atoms with E-state index in [1.54, 1.807) is 11.3 Å². The molecule has 3 aromatic rings. The van der Waals surface area contributed by atoms with E-state index < -0.39 is 0 Å². The Morgan fingerprint density at radius 1 is 1.25 bits per heavy atom. The summed E-state index contributed by atoms with van der Waals surface area (Å²) in [5.74, 6) is 1.56. The number of benzene rings is 1. The highest BCUT2D eigenvalue weighted by Gasteiger charge is 2.22. The summed E-state index contributed by atoms with van der Waals surface area (Å²) in [5, 5.41) is 18.5. The van der Waals surface area contributed by atoms with Crippen molar-refractivity contribution >= 4 is 28.8 Å². The van der Waals surface area contributed by atoms with Gasteiger partial charge in [0.25, 0.3) is 0 Å². The molecular weight excluding hydrogens is 416 g/mol. The minimum absolute atomic E-state index is 0.446. The number of hydrogen-bond acceptors (Lipinski definition) is 7. The van der Waals surface area contributed by atoms with Gasteiger partial charge in [0, 0.05) is 48.0 Å². The van der Waals surface area contributed by atoms with Gasteiger partial charge < -0.3 is 15.5 Å². The van der Waals surface area contributed by atoms with E-state index in [2.05, 4.69) is 52.1 Å². The van der Waals surface area contributed by atoms with E-state index in [1.807, 2.05) is 25.1 Å². The summed E-state index contributed by atoms with van der Waals surface area (Å²) in [6.07, 6.45) is 4.26. The molecule has 0 bridgehead atoms. The molecule has 3 heterocycles. The molecule has 0 spiro atoms. The van der Waals surface area contributed by atoms with E-state index in [4.69, 9.17) is 9.97 Å². The number of aryl methyl sites for hydroxylation is 2. The van der Waals surface area contributed by atoms with Crippen molar-refractivity contribution in [3.8, 4) is 6.07 Å². The summed E-state index contributed by atoms with van der Waals surface area (Å²) in [6.45, 7) is 6.97. The fourth-order valence-electron chi connectivity index (χ4n) is 4.04. The maximum Gasteiger partial charge on any atom is 0.229 e. The summed E-state index contributed by atoms with van der Waals surface area (Å²) >= 11 is 1.80. The number of nitrogens with zero attached hydrogens (tertiary/aromatic N) is 4. The van der Waals surface area contributed by atoms with E-state index in [1.165, 1.54) is 11.3 Å². The van der Waals surface area contributed by atoms with Gasteiger partial charge in [-0.25, -0.2) is 4.98 Å². The molecule has 1 atom stereocenters. The van der Waals surface area contributed by atoms with Crippen molar-refractivity contribution in [2.75, 3.05) is 23.3 Å². The van der Waals surface area contributed by atoms with E-state index in [0.717, 1.165) is 61.7 Å². The van der Waals surface area contributed by atoms with Crippen molar-refractivity contribution in [2.24, 2.45) is 0 Å². The first-order valence-corrected chi connectivity index (χ1v) is 12.2. The lowest BCUT2D eigenvalue weighted by atomic mass is 10.1. The van der Waals surface area contributed by atoms with Gasteiger partial charge in [-0.1, -0.05) is 25.5 Å². The lowest BCUT2D eigenvalue weighted by Gasteiger charge is -2.34. The number of nitrogens with one attached hydrogen (secondary N) is 2. The molecule has 6 nitrogen and oxygen atoms in total. The number of piperidine rings is 1. The molecule has 2 aromatic heterocycles. The van der Waals surface area contributed by atoms with Gasteiger partial charge in [-0.15, -0.1) is 11.3 Å². The molecule has 1 aromatic carbocycles. The Morgan fingerprint density at radius 3 is 2.94 bits per heavy atom. The zero-order valence-corrected chi connectivity index (χ0v) is 19.6. The lowest BCUT2D eigenvalue weighted by molar-refractivity contribution is 0.421. The van der Waals surface area contributed by atoms with Crippen molar-refractivity contribution < 1.29 is 0 Å². The fraction of sp³-hybridized carbons (Fsp3) is 0.400. The zero-order valence-electron chi connectivity index (χ0n) is 18.8. The maximum absolute atomic E-state index is 9.35. The van der Waals surface area contributed by atoms with Crippen LogP contribution in [0.1, 0.15) is 47.9 Å². The van der Waals surface area contributed by atoms with Crippen LogP contribution in [0, 0.1) is 18.3 Å². The molecule has 1 aliphatic heterocycles. The number of aromatic nitrogens is 2. The summed E-state index contributed by atoms with van der Waals surface area (Å²) in [6, 6.07) is 14.9. The molecule has 2 N–H and O–H groups in total. The standard InChI is InChI=1S/C25H30N6S/c1-3-6-20-14-24(30-25(28-20)29-21-10-9-18(2)19(13-21)15-26)31-11-4-7-22(17-31)27-16-23-8-5-12-32-23/h5,8-10,12-14,22,27H,3-4,6-7,11,16-17H2,1-2H3,(H,28,29,30). The second-order valence-electron chi connectivity index (χ2n) is 8.30. The van der Waals surface area contributed by atoms with Crippen LogP contribution < -0.4 is 15.5 Å². The molecule has 0 saturated carbocycles. The van der Waals surface area contributed by atoms with Crippen LogP contribution in [0.4, 0.5) is 17.5 Å². The Bertz CT molecular complexity index is 1070. The van der Waals surface area contributed by atoms with Gasteiger partial charge in [0.15, 0.2) is 0 Å². The first-order valence-electron chi connectivity index (χ1n) is 11.3. The third-order valence-electron chi connectivity index (χ3n) is 5.78. The molecule has 1 fully saturated rings. The van der Waals surface area contributed by atoms with Crippen LogP contribution in [-0.4, -0.2) is 29.1 Å². The Morgan fingerprint density at radius 2 is 2.16 bits per heavy atom. The van der Waals surface area contributed by atoms with Crippen molar-refractivity contribution in [1.82, 2.24) is 15.3 Å². The Hall–Kier alpha value is -2.95. The van der Waals surface area contributed by atoms with Gasteiger partial charge >= 0.3 is 0 Å². The predicted molar refractivity (Wildman–Crippen MR) is 132 cm³/mol. The van der Waals surface area contributed by atoms with Gasteiger partial charge in [0.05, 0.1) is 11.6 Å². The Labute approximate surface area is 194 Å². The topological polar surface area (TPSA) is 76.9 Å². The van der Waals surface area contributed by atoms with E-state index >= 15 is 0 Å². The lowest BCUT2D eigenvalue weighted by Crippen LogP contribution is -2.45. The number of rotatable bonds is 8. The average Bonchev–Trinajstić information content (AvgIpc) is 3.33. The molecule has 4 rings (SSSR count). The number of anilines is 3. The molecule has 32 heavy (non-hydrogen) atoms. The van der Waals surface area contributed by atoms with Crippen molar-refractivity contribution in [3.05, 3.63) is 63.5 Å². The van der Waals surface area contributed by atoms with E-state index in [9.17, 15) is 5.26 Å². The van der Waals surface area contributed by atoms with E-state index in [-0.39, 0.29) is 0 Å². The monoisotopic (exact) mass is 446 g/mol. The minimum Gasteiger partial charge on any atom is -0.355 e. The molecule has 0 radical (unpaired) electrons. The molecule has 1 aliphatic rings. The molecule has 1 unspecified atom stereocenters. The quantitative estimate of drug-likeness (QED) is 0.497. The van der Waals surface area contributed by atoms with Crippen molar-refractivity contribution in [2.45, 2.75) is 52.1 Å². The molecule has 0 amide bonds. The van der Waals surface area contributed by atoms with Crippen LogP contribution in [0.5, 0.6) is 0 Å². The van der Waals surface area contributed by atoms with Gasteiger partial charge in [0.2, 0.25) is 5.95 Å². The Kier molecular flexibility index (Phi) is 7.35. The predicted octanol–water partition coefficient (Wildman–Crippen LogP) is 5.17. The minimum atomic E-state index is 0.446. The van der Waals surface area contributed by atoms with Crippen LogP contribution in [0.2, 0.25) is 0 Å². The number of hydrogen-bond donors (Lipinski definition) is 2. The molecule has 7 heteroatoms. The first kappa shape index (κ1) is 22.3. The van der Waals surface area contributed by atoms with Gasteiger partial charge in [0.1, 0.15) is 5.82 Å².